The maximum Gasteiger partial charge on any atom is 0.266 e. The third kappa shape index (κ3) is 2.79. The molecule has 0 saturated carbocycles. The molecule has 18 heavy (non-hydrogen) atoms. The molecule has 0 unspecified atom stereocenters. The minimum atomic E-state index is -4.00. The quantitative estimate of drug-likeness (QED) is 0.831. The van der Waals surface area contributed by atoms with Gasteiger partial charge in [-0.25, -0.2) is 17.8 Å². The van der Waals surface area contributed by atoms with Crippen molar-refractivity contribution in [2.24, 2.45) is 0 Å². The van der Waals surface area contributed by atoms with E-state index in [0.717, 1.165) is 23.5 Å². The molecule has 0 aliphatic carbocycles. The number of thiazole rings is 1. The number of hydrogen-bond acceptors (Lipinski definition) is 5. The highest BCUT2D eigenvalue weighted by Gasteiger charge is 2.20. The smallest absolute Gasteiger partial charge is 0.266 e. The van der Waals surface area contributed by atoms with Crippen LogP contribution in [0.4, 0.5) is 15.2 Å². The van der Waals surface area contributed by atoms with Crippen LogP contribution in [-0.4, -0.2) is 13.4 Å². The minimum absolute atomic E-state index is 0.151. The standard InChI is InChI=1S/C9H7BrFN3O2S2/c10-8-4-13-9(17-8)14-18(15,16)7-2-1-5(12)3-6(7)11/h1-4H,12H2,(H,13,14). The van der Waals surface area contributed by atoms with Crippen molar-refractivity contribution in [3.05, 3.63) is 34.0 Å². The molecule has 2 rings (SSSR count). The van der Waals surface area contributed by atoms with Gasteiger partial charge in [0.05, 0.1) is 9.98 Å². The fourth-order valence-electron chi connectivity index (χ4n) is 1.21. The zero-order valence-electron chi connectivity index (χ0n) is 8.72. The number of nitrogens with one attached hydrogen (secondary N) is 1. The Morgan fingerprint density at radius 3 is 2.72 bits per heavy atom. The van der Waals surface area contributed by atoms with Crippen molar-refractivity contribution in [2.75, 3.05) is 10.5 Å². The van der Waals surface area contributed by atoms with Gasteiger partial charge in [0, 0.05) is 5.69 Å². The van der Waals surface area contributed by atoms with Crippen molar-refractivity contribution < 1.29 is 12.8 Å². The van der Waals surface area contributed by atoms with Crippen LogP contribution in [0.15, 0.2) is 33.1 Å². The average Bonchev–Trinajstić information content (AvgIpc) is 2.62. The summed E-state index contributed by atoms with van der Waals surface area (Å²) in [7, 11) is -4.00. The van der Waals surface area contributed by atoms with E-state index in [4.69, 9.17) is 5.73 Å². The fraction of sp³-hybridized carbons (Fsp3) is 0. The highest BCUT2D eigenvalue weighted by atomic mass is 79.9. The van der Waals surface area contributed by atoms with Gasteiger partial charge >= 0.3 is 0 Å². The van der Waals surface area contributed by atoms with Crippen LogP contribution in [0.1, 0.15) is 0 Å². The number of sulfonamides is 1. The number of halogens is 2. The van der Waals surface area contributed by atoms with Crippen LogP contribution in [0.3, 0.4) is 0 Å². The molecule has 0 aliphatic heterocycles. The lowest BCUT2D eigenvalue weighted by Crippen LogP contribution is -2.14. The molecule has 0 radical (unpaired) electrons. The Kier molecular flexibility index (Phi) is 3.55. The summed E-state index contributed by atoms with van der Waals surface area (Å²) in [4.78, 5) is 3.34. The van der Waals surface area contributed by atoms with Crippen molar-refractivity contribution in [3.8, 4) is 0 Å². The molecule has 0 fully saturated rings. The van der Waals surface area contributed by atoms with Gasteiger partial charge in [0.15, 0.2) is 5.13 Å². The molecule has 0 spiro atoms. The molecule has 2 aromatic rings. The molecule has 0 saturated heterocycles. The second-order valence-corrected chi connectivity index (χ2v) is 7.33. The van der Waals surface area contributed by atoms with Crippen molar-refractivity contribution in [1.82, 2.24) is 4.98 Å². The lowest BCUT2D eigenvalue weighted by Gasteiger charge is -2.06. The van der Waals surface area contributed by atoms with Crippen LogP contribution >= 0.6 is 27.3 Å². The lowest BCUT2D eigenvalue weighted by molar-refractivity contribution is 0.571. The predicted octanol–water partition coefficient (Wildman–Crippen LogP) is 2.43. The van der Waals surface area contributed by atoms with Gasteiger partial charge in [0.2, 0.25) is 0 Å². The summed E-state index contributed by atoms with van der Waals surface area (Å²) in [6.07, 6.45) is 1.45. The maximum absolute atomic E-state index is 13.5. The Labute approximate surface area is 115 Å². The summed E-state index contributed by atoms with van der Waals surface area (Å²) in [6.45, 7) is 0. The molecule has 1 aromatic heterocycles. The normalized spacial score (nSPS) is 11.4. The van der Waals surface area contributed by atoms with E-state index in [2.05, 4.69) is 25.6 Å². The Morgan fingerprint density at radius 1 is 1.44 bits per heavy atom. The zero-order valence-corrected chi connectivity index (χ0v) is 11.9. The van der Waals surface area contributed by atoms with Crippen LogP contribution in [0.25, 0.3) is 0 Å². The summed E-state index contributed by atoms with van der Waals surface area (Å²) in [5.74, 6) is -0.905. The first kappa shape index (κ1) is 13.2. The second kappa shape index (κ2) is 4.82. The van der Waals surface area contributed by atoms with Gasteiger partial charge in [-0.2, -0.15) is 0 Å². The van der Waals surface area contributed by atoms with Gasteiger partial charge in [-0.05, 0) is 34.1 Å². The van der Waals surface area contributed by atoms with Crippen LogP contribution in [0, 0.1) is 5.82 Å². The summed E-state index contributed by atoms with van der Waals surface area (Å²) in [5, 5.41) is 0.151. The Balaban J connectivity index is 2.36. The Bertz CT molecular complexity index is 687. The van der Waals surface area contributed by atoms with Crippen LogP contribution in [-0.2, 0) is 10.0 Å². The molecular weight excluding hydrogens is 345 g/mol. The summed E-state index contributed by atoms with van der Waals surface area (Å²) < 4.78 is 40.2. The molecule has 0 aliphatic rings. The largest absolute Gasteiger partial charge is 0.399 e. The summed E-state index contributed by atoms with van der Waals surface area (Å²) in [5.41, 5.74) is 5.51. The minimum Gasteiger partial charge on any atom is -0.399 e. The van der Waals surface area contributed by atoms with Crippen molar-refractivity contribution in [2.45, 2.75) is 4.90 Å². The number of anilines is 2. The summed E-state index contributed by atoms with van der Waals surface area (Å²) >= 11 is 4.24. The van der Waals surface area contributed by atoms with Gasteiger partial charge in [-0.15, -0.1) is 0 Å². The van der Waals surface area contributed by atoms with Gasteiger partial charge < -0.3 is 5.73 Å². The van der Waals surface area contributed by atoms with E-state index in [-0.39, 0.29) is 10.8 Å². The Hall–Kier alpha value is -1.19. The molecule has 0 bridgehead atoms. The van der Waals surface area contributed by atoms with Crippen LogP contribution < -0.4 is 10.5 Å². The van der Waals surface area contributed by atoms with Crippen molar-refractivity contribution in [1.29, 1.82) is 0 Å². The van der Waals surface area contributed by atoms with Crippen LogP contribution in [0.2, 0.25) is 0 Å². The van der Waals surface area contributed by atoms with E-state index in [0.29, 0.717) is 3.79 Å². The first-order valence-electron chi connectivity index (χ1n) is 4.57. The number of nitrogen functional groups attached to an aromatic ring is 1. The summed E-state index contributed by atoms with van der Waals surface area (Å²) in [6, 6.07) is 3.37. The third-order valence-electron chi connectivity index (χ3n) is 1.94. The second-order valence-electron chi connectivity index (χ2n) is 3.26. The highest BCUT2D eigenvalue weighted by Crippen LogP contribution is 2.26. The average molecular weight is 352 g/mol. The maximum atomic E-state index is 13.5. The molecule has 3 N–H and O–H groups in total. The number of nitrogens with two attached hydrogens (primary N) is 1. The SMILES string of the molecule is Nc1ccc(S(=O)(=O)Nc2ncc(Br)s2)c(F)c1. The highest BCUT2D eigenvalue weighted by molar-refractivity contribution is 9.11. The number of hydrogen-bond donors (Lipinski definition) is 2. The molecule has 1 aromatic carbocycles. The number of aromatic nitrogens is 1. The number of benzene rings is 1. The predicted molar refractivity (Wildman–Crippen MR) is 71.4 cm³/mol. The molecular formula is C9H7BrFN3O2S2. The zero-order chi connectivity index (χ0) is 13.3. The van der Waals surface area contributed by atoms with Gasteiger partial charge in [0.1, 0.15) is 10.7 Å². The number of rotatable bonds is 3. The monoisotopic (exact) mass is 351 g/mol. The first-order chi connectivity index (χ1) is 8.38. The van der Waals surface area contributed by atoms with E-state index in [1.54, 1.807) is 0 Å². The Morgan fingerprint density at radius 2 is 2.17 bits per heavy atom. The van der Waals surface area contributed by atoms with Crippen LogP contribution in [0.5, 0.6) is 0 Å². The first-order valence-corrected chi connectivity index (χ1v) is 7.67. The molecule has 0 amide bonds. The topological polar surface area (TPSA) is 85.1 Å². The van der Waals surface area contributed by atoms with Crippen molar-refractivity contribution in [3.63, 3.8) is 0 Å². The molecule has 1 heterocycles. The molecule has 9 heteroatoms. The number of nitrogens with zero attached hydrogens (tertiary/aromatic N) is 1. The van der Waals surface area contributed by atoms with Gasteiger partial charge in [-0.3, -0.25) is 4.72 Å². The van der Waals surface area contributed by atoms with E-state index < -0.39 is 20.7 Å². The van der Waals surface area contributed by atoms with E-state index in [1.165, 1.54) is 12.3 Å². The molecule has 5 nitrogen and oxygen atoms in total. The van der Waals surface area contributed by atoms with Gasteiger partial charge in [0.25, 0.3) is 10.0 Å². The molecule has 0 atom stereocenters. The van der Waals surface area contributed by atoms with E-state index in [1.807, 2.05) is 0 Å². The van der Waals surface area contributed by atoms with Gasteiger partial charge in [-0.1, -0.05) is 11.3 Å². The molecule has 96 valence electrons. The lowest BCUT2D eigenvalue weighted by atomic mass is 10.3. The fourth-order valence-corrected chi connectivity index (χ4v) is 3.62. The third-order valence-corrected chi connectivity index (χ3v) is 4.84. The van der Waals surface area contributed by atoms with Crippen molar-refractivity contribution >= 4 is 48.1 Å². The van der Waals surface area contributed by atoms with E-state index in [9.17, 15) is 12.8 Å². The van der Waals surface area contributed by atoms with E-state index >= 15 is 0 Å².